The molecule has 3 heteroatoms. The number of ketones is 2. The van der Waals surface area contributed by atoms with Crippen molar-refractivity contribution in [3.05, 3.63) is 42.1 Å². The lowest BCUT2D eigenvalue weighted by Crippen LogP contribution is -2.23. The third-order valence-corrected chi connectivity index (χ3v) is 3.75. The predicted molar refractivity (Wildman–Crippen MR) is 73.0 cm³/mol. The van der Waals surface area contributed by atoms with Crippen LogP contribution in [0.5, 0.6) is 0 Å². The molecule has 1 atom stereocenters. The van der Waals surface area contributed by atoms with Gasteiger partial charge < -0.3 is 0 Å². The highest BCUT2D eigenvalue weighted by Gasteiger charge is 2.27. The number of fused-ring (bicyclic) bond motifs is 1. The topological polar surface area (TPSA) is 47.0 Å². The molecule has 0 spiro atoms. The van der Waals surface area contributed by atoms with Gasteiger partial charge in [0.25, 0.3) is 0 Å². The number of aromatic nitrogens is 1. The van der Waals surface area contributed by atoms with Crippen LogP contribution in [0.3, 0.4) is 0 Å². The number of Topliss-reactive ketones (excluding diaryl/α,β-unsaturated/α-hetero) is 2. The smallest absolute Gasteiger partial charge is 0.168 e. The molecule has 0 saturated heterocycles. The van der Waals surface area contributed by atoms with Crippen molar-refractivity contribution >= 4 is 22.5 Å². The van der Waals surface area contributed by atoms with Crippen LogP contribution in [0.2, 0.25) is 0 Å². The fraction of sp³-hybridized carbons (Fsp3) is 0.312. The quantitative estimate of drug-likeness (QED) is 0.772. The van der Waals surface area contributed by atoms with Crippen LogP contribution in [-0.4, -0.2) is 16.6 Å². The molecule has 0 bridgehead atoms. The molecule has 0 N–H and O–H groups in total. The summed E-state index contributed by atoms with van der Waals surface area (Å²) in [7, 11) is 0. The van der Waals surface area contributed by atoms with Crippen molar-refractivity contribution in [2.45, 2.75) is 25.7 Å². The Balaban J connectivity index is 1.99. The van der Waals surface area contributed by atoms with E-state index in [1.54, 1.807) is 6.20 Å². The molecule has 0 aliphatic heterocycles. The minimum atomic E-state index is -0.158. The van der Waals surface area contributed by atoms with E-state index in [9.17, 15) is 9.59 Å². The van der Waals surface area contributed by atoms with Crippen LogP contribution in [0.15, 0.2) is 36.5 Å². The summed E-state index contributed by atoms with van der Waals surface area (Å²) in [6, 6.07) is 9.45. The lowest BCUT2D eigenvalue weighted by atomic mass is 9.83. The molecule has 1 fully saturated rings. The molecule has 1 aliphatic carbocycles. The van der Waals surface area contributed by atoms with Gasteiger partial charge in [0.05, 0.1) is 5.52 Å². The molecule has 96 valence electrons. The molecule has 2 aromatic rings. The van der Waals surface area contributed by atoms with Crippen LogP contribution in [0.25, 0.3) is 10.9 Å². The summed E-state index contributed by atoms with van der Waals surface area (Å²) in [5, 5.41) is 0.968. The first kappa shape index (κ1) is 12.0. The summed E-state index contributed by atoms with van der Waals surface area (Å²) in [5.74, 6) is 0.115. The van der Waals surface area contributed by atoms with Crippen molar-refractivity contribution in [1.29, 1.82) is 0 Å². The van der Waals surface area contributed by atoms with E-state index in [4.69, 9.17) is 0 Å². The summed E-state index contributed by atoms with van der Waals surface area (Å²) in [4.78, 5) is 28.4. The van der Waals surface area contributed by atoms with Crippen molar-refractivity contribution in [2.75, 3.05) is 0 Å². The van der Waals surface area contributed by atoms with Gasteiger partial charge in [-0.3, -0.25) is 14.6 Å². The van der Waals surface area contributed by atoms with E-state index in [0.29, 0.717) is 18.4 Å². The van der Waals surface area contributed by atoms with Crippen molar-refractivity contribution in [1.82, 2.24) is 4.98 Å². The average molecular weight is 253 g/mol. The third-order valence-electron chi connectivity index (χ3n) is 3.75. The maximum Gasteiger partial charge on any atom is 0.168 e. The Kier molecular flexibility index (Phi) is 3.11. The summed E-state index contributed by atoms with van der Waals surface area (Å²) >= 11 is 0. The molecule has 0 radical (unpaired) electrons. The molecule has 1 aliphatic rings. The van der Waals surface area contributed by atoms with Crippen LogP contribution in [0.4, 0.5) is 0 Å². The van der Waals surface area contributed by atoms with E-state index in [0.717, 1.165) is 23.7 Å². The van der Waals surface area contributed by atoms with Gasteiger partial charge in [-0.15, -0.1) is 0 Å². The number of pyridine rings is 1. The lowest BCUT2D eigenvalue weighted by Gasteiger charge is -2.19. The minimum absolute atomic E-state index is 0.0670. The zero-order valence-corrected chi connectivity index (χ0v) is 10.6. The first-order chi connectivity index (χ1) is 9.25. The number of carbonyl (C=O) groups is 2. The fourth-order valence-corrected chi connectivity index (χ4v) is 2.77. The number of carbonyl (C=O) groups excluding carboxylic acids is 2. The van der Waals surface area contributed by atoms with Crippen LogP contribution < -0.4 is 0 Å². The number of hydrogen-bond donors (Lipinski definition) is 0. The second kappa shape index (κ2) is 4.92. The van der Waals surface area contributed by atoms with Gasteiger partial charge in [-0.05, 0) is 25.0 Å². The van der Waals surface area contributed by atoms with E-state index in [1.165, 1.54) is 0 Å². The number of benzene rings is 1. The molecule has 3 rings (SSSR count). The SMILES string of the molecule is O=C1CCCC(C(=O)c2cccc3cccnc23)C1. The third kappa shape index (κ3) is 2.28. The molecule has 19 heavy (non-hydrogen) atoms. The summed E-state index contributed by atoms with van der Waals surface area (Å²) in [6.07, 6.45) is 4.35. The molecule has 1 unspecified atom stereocenters. The highest BCUT2D eigenvalue weighted by Crippen LogP contribution is 2.27. The van der Waals surface area contributed by atoms with Crippen LogP contribution in [0.1, 0.15) is 36.0 Å². The molecule has 1 heterocycles. The number of rotatable bonds is 2. The van der Waals surface area contributed by atoms with E-state index in [1.807, 2.05) is 30.3 Å². The number of nitrogens with zero attached hydrogens (tertiary/aromatic N) is 1. The zero-order valence-electron chi connectivity index (χ0n) is 10.6. The average Bonchev–Trinajstić information content (AvgIpc) is 2.46. The Labute approximate surface area is 111 Å². The highest BCUT2D eigenvalue weighted by molar-refractivity contribution is 6.08. The van der Waals surface area contributed by atoms with Gasteiger partial charge in [0.1, 0.15) is 5.78 Å². The second-order valence-corrected chi connectivity index (χ2v) is 5.08. The number of hydrogen-bond acceptors (Lipinski definition) is 3. The van der Waals surface area contributed by atoms with Gasteiger partial charge in [0.15, 0.2) is 5.78 Å². The Morgan fingerprint density at radius 2 is 2.05 bits per heavy atom. The van der Waals surface area contributed by atoms with E-state index in [-0.39, 0.29) is 17.5 Å². The van der Waals surface area contributed by atoms with Gasteiger partial charge in [0, 0.05) is 35.9 Å². The van der Waals surface area contributed by atoms with Crippen LogP contribution >= 0.6 is 0 Å². The Bertz CT molecular complexity index is 643. The van der Waals surface area contributed by atoms with Crippen molar-refractivity contribution in [3.8, 4) is 0 Å². The molecule has 1 aromatic carbocycles. The molecule has 3 nitrogen and oxygen atoms in total. The van der Waals surface area contributed by atoms with Crippen molar-refractivity contribution < 1.29 is 9.59 Å². The van der Waals surface area contributed by atoms with Crippen LogP contribution in [0, 0.1) is 5.92 Å². The van der Waals surface area contributed by atoms with E-state index in [2.05, 4.69) is 4.98 Å². The maximum absolute atomic E-state index is 12.6. The normalized spacial score (nSPS) is 19.6. The summed E-state index contributed by atoms with van der Waals surface area (Å²) in [6.45, 7) is 0. The summed E-state index contributed by atoms with van der Waals surface area (Å²) in [5.41, 5.74) is 1.39. The highest BCUT2D eigenvalue weighted by atomic mass is 16.1. The van der Waals surface area contributed by atoms with E-state index >= 15 is 0 Å². The van der Waals surface area contributed by atoms with Crippen molar-refractivity contribution in [3.63, 3.8) is 0 Å². The molecule has 1 aromatic heterocycles. The Hall–Kier alpha value is -2.03. The molecule has 1 saturated carbocycles. The lowest BCUT2D eigenvalue weighted by molar-refractivity contribution is -0.121. The van der Waals surface area contributed by atoms with Gasteiger partial charge >= 0.3 is 0 Å². The second-order valence-electron chi connectivity index (χ2n) is 5.08. The van der Waals surface area contributed by atoms with Gasteiger partial charge in [0.2, 0.25) is 0 Å². The number of para-hydroxylation sites is 1. The monoisotopic (exact) mass is 253 g/mol. The molecule has 0 amide bonds. The fourth-order valence-electron chi connectivity index (χ4n) is 2.77. The van der Waals surface area contributed by atoms with Gasteiger partial charge in [-0.2, -0.15) is 0 Å². The molecular weight excluding hydrogens is 238 g/mol. The van der Waals surface area contributed by atoms with E-state index < -0.39 is 0 Å². The van der Waals surface area contributed by atoms with Crippen LogP contribution in [-0.2, 0) is 4.79 Å². The van der Waals surface area contributed by atoms with Gasteiger partial charge in [-0.1, -0.05) is 18.2 Å². The summed E-state index contributed by atoms with van der Waals surface area (Å²) < 4.78 is 0. The standard InChI is InChI=1S/C16H15NO2/c18-13-7-1-5-12(10-13)16(19)14-8-2-4-11-6-3-9-17-15(11)14/h2-4,6,8-9,12H,1,5,7,10H2. The minimum Gasteiger partial charge on any atom is -0.300 e. The maximum atomic E-state index is 12.6. The zero-order chi connectivity index (χ0) is 13.2. The molecular formula is C16H15NO2. The Morgan fingerprint density at radius 1 is 1.21 bits per heavy atom. The Morgan fingerprint density at radius 3 is 2.89 bits per heavy atom. The largest absolute Gasteiger partial charge is 0.300 e. The first-order valence-electron chi connectivity index (χ1n) is 6.65. The van der Waals surface area contributed by atoms with Crippen molar-refractivity contribution in [2.24, 2.45) is 5.92 Å². The van der Waals surface area contributed by atoms with Gasteiger partial charge in [-0.25, -0.2) is 0 Å². The first-order valence-corrected chi connectivity index (χ1v) is 6.65. The predicted octanol–water partition coefficient (Wildman–Crippen LogP) is 3.18.